The molecule has 2 fully saturated rings. The van der Waals surface area contributed by atoms with Crippen LogP contribution in [0.4, 0.5) is 11.4 Å². The Morgan fingerprint density at radius 1 is 0.931 bits per heavy atom. The van der Waals surface area contributed by atoms with E-state index in [-0.39, 0.29) is 11.7 Å². The molecule has 0 spiro atoms. The first-order valence-electron chi connectivity index (χ1n) is 10.6. The Labute approximate surface area is 172 Å². The van der Waals surface area contributed by atoms with Gasteiger partial charge in [0.05, 0.1) is 5.56 Å². The molecule has 154 valence electrons. The predicted molar refractivity (Wildman–Crippen MR) is 117 cm³/mol. The highest BCUT2D eigenvalue weighted by molar-refractivity contribution is 6.00. The van der Waals surface area contributed by atoms with E-state index in [9.17, 15) is 9.90 Å². The van der Waals surface area contributed by atoms with Gasteiger partial charge in [-0.3, -0.25) is 9.69 Å². The van der Waals surface area contributed by atoms with Crippen LogP contribution in [0.1, 0.15) is 23.2 Å². The summed E-state index contributed by atoms with van der Waals surface area (Å²) in [6.07, 6.45) is 2.12. The zero-order valence-corrected chi connectivity index (χ0v) is 16.9. The average molecular weight is 395 g/mol. The van der Waals surface area contributed by atoms with Crippen molar-refractivity contribution in [2.75, 3.05) is 62.6 Å². The SMILES string of the molecule is O=C(c1cc(O)ccc1NCCN1CCN(c2ccccc2)CC1)N1CCCC1. The van der Waals surface area contributed by atoms with Gasteiger partial charge in [-0.15, -0.1) is 0 Å². The van der Waals surface area contributed by atoms with E-state index in [1.807, 2.05) is 11.0 Å². The summed E-state index contributed by atoms with van der Waals surface area (Å²) in [5.74, 6) is 0.146. The van der Waals surface area contributed by atoms with Crippen LogP contribution in [0.3, 0.4) is 0 Å². The largest absolute Gasteiger partial charge is 0.508 e. The van der Waals surface area contributed by atoms with Crippen LogP contribution in [0.25, 0.3) is 0 Å². The number of hydrogen-bond donors (Lipinski definition) is 2. The van der Waals surface area contributed by atoms with Gasteiger partial charge in [-0.1, -0.05) is 18.2 Å². The van der Waals surface area contributed by atoms with Gasteiger partial charge < -0.3 is 20.2 Å². The summed E-state index contributed by atoms with van der Waals surface area (Å²) in [4.78, 5) is 19.6. The minimum Gasteiger partial charge on any atom is -0.508 e. The number of anilines is 2. The highest BCUT2D eigenvalue weighted by Gasteiger charge is 2.22. The Morgan fingerprint density at radius 3 is 2.38 bits per heavy atom. The first-order chi connectivity index (χ1) is 14.2. The molecule has 0 bridgehead atoms. The van der Waals surface area contributed by atoms with Crippen LogP contribution in [-0.2, 0) is 0 Å². The molecule has 2 N–H and O–H groups in total. The lowest BCUT2D eigenvalue weighted by atomic mass is 10.1. The van der Waals surface area contributed by atoms with Crippen molar-refractivity contribution < 1.29 is 9.90 Å². The number of aromatic hydroxyl groups is 1. The number of likely N-dealkylation sites (tertiary alicyclic amines) is 1. The van der Waals surface area contributed by atoms with Gasteiger partial charge in [0.1, 0.15) is 5.75 Å². The predicted octanol–water partition coefficient (Wildman–Crippen LogP) is 2.86. The van der Waals surface area contributed by atoms with Crippen LogP contribution in [0.15, 0.2) is 48.5 Å². The molecule has 1 amide bonds. The number of carbonyl (C=O) groups is 1. The third kappa shape index (κ3) is 4.82. The van der Waals surface area contributed by atoms with Crippen molar-refractivity contribution in [2.24, 2.45) is 0 Å². The number of rotatable bonds is 6. The topological polar surface area (TPSA) is 59.1 Å². The summed E-state index contributed by atoms with van der Waals surface area (Å²) < 4.78 is 0. The lowest BCUT2D eigenvalue weighted by molar-refractivity contribution is 0.0793. The summed E-state index contributed by atoms with van der Waals surface area (Å²) in [6, 6.07) is 15.6. The molecule has 2 aromatic carbocycles. The number of benzene rings is 2. The standard InChI is InChI=1S/C23H30N4O2/c28-20-8-9-22(21(18-20)23(29)27-11-4-5-12-27)24-10-13-25-14-16-26(17-15-25)19-6-2-1-3-7-19/h1-3,6-9,18,24,28H,4-5,10-17H2. The maximum atomic E-state index is 12.8. The minimum atomic E-state index is 0.0115. The van der Waals surface area contributed by atoms with Crippen molar-refractivity contribution in [1.29, 1.82) is 0 Å². The molecule has 6 nitrogen and oxygen atoms in total. The summed E-state index contributed by atoms with van der Waals surface area (Å²) in [7, 11) is 0. The van der Waals surface area contributed by atoms with Gasteiger partial charge in [0.2, 0.25) is 0 Å². The summed E-state index contributed by atoms with van der Waals surface area (Å²) in [5.41, 5.74) is 2.67. The molecule has 0 atom stereocenters. The third-order valence-corrected chi connectivity index (χ3v) is 5.86. The van der Waals surface area contributed by atoms with Gasteiger partial charge in [-0.05, 0) is 43.2 Å². The molecule has 29 heavy (non-hydrogen) atoms. The molecule has 0 aliphatic carbocycles. The number of nitrogens with zero attached hydrogens (tertiary/aromatic N) is 3. The zero-order valence-electron chi connectivity index (χ0n) is 16.9. The Balaban J connectivity index is 1.29. The van der Waals surface area contributed by atoms with Gasteiger partial charge in [0, 0.05) is 63.7 Å². The number of amides is 1. The van der Waals surface area contributed by atoms with Crippen LogP contribution in [0.5, 0.6) is 5.75 Å². The second kappa shape index (κ2) is 9.18. The van der Waals surface area contributed by atoms with E-state index in [1.54, 1.807) is 12.1 Å². The van der Waals surface area contributed by atoms with Crippen LogP contribution >= 0.6 is 0 Å². The highest BCUT2D eigenvalue weighted by Crippen LogP contribution is 2.24. The lowest BCUT2D eigenvalue weighted by Gasteiger charge is -2.36. The van der Waals surface area contributed by atoms with Gasteiger partial charge in [-0.25, -0.2) is 0 Å². The van der Waals surface area contributed by atoms with Crippen molar-refractivity contribution in [3.63, 3.8) is 0 Å². The Kier molecular flexibility index (Phi) is 6.20. The number of para-hydroxylation sites is 1. The Morgan fingerprint density at radius 2 is 1.66 bits per heavy atom. The summed E-state index contributed by atoms with van der Waals surface area (Å²) in [5, 5.41) is 13.3. The zero-order chi connectivity index (χ0) is 20.1. The quantitative estimate of drug-likeness (QED) is 0.738. The Bertz CT molecular complexity index is 813. The molecule has 2 aliphatic rings. The fourth-order valence-corrected chi connectivity index (χ4v) is 4.17. The first-order valence-corrected chi connectivity index (χ1v) is 10.6. The maximum absolute atomic E-state index is 12.8. The van der Waals surface area contributed by atoms with Crippen molar-refractivity contribution in [1.82, 2.24) is 9.80 Å². The highest BCUT2D eigenvalue weighted by atomic mass is 16.3. The molecular weight excluding hydrogens is 364 g/mol. The van der Waals surface area contributed by atoms with Gasteiger partial charge in [-0.2, -0.15) is 0 Å². The molecule has 2 aliphatic heterocycles. The fraction of sp³-hybridized carbons (Fsp3) is 0.435. The molecule has 0 unspecified atom stereocenters. The Hall–Kier alpha value is -2.73. The molecule has 2 heterocycles. The molecule has 0 aromatic heterocycles. The van der Waals surface area contributed by atoms with Crippen molar-refractivity contribution in [3.05, 3.63) is 54.1 Å². The van der Waals surface area contributed by atoms with E-state index in [4.69, 9.17) is 0 Å². The number of phenolic OH excluding ortho intramolecular Hbond substituents is 1. The monoisotopic (exact) mass is 394 g/mol. The van der Waals surface area contributed by atoms with Gasteiger partial charge in [0.25, 0.3) is 5.91 Å². The van der Waals surface area contributed by atoms with Gasteiger partial charge >= 0.3 is 0 Å². The third-order valence-electron chi connectivity index (χ3n) is 5.86. The average Bonchev–Trinajstić information content (AvgIpc) is 3.30. The van der Waals surface area contributed by atoms with E-state index in [2.05, 4.69) is 45.4 Å². The maximum Gasteiger partial charge on any atom is 0.256 e. The number of carbonyl (C=O) groups excluding carboxylic acids is 1. The van der Waals surface area contributed by atoms with Crippen molar-refractivity contribution in [2.45, 2.75) is 12.8 Å². The fourth-order valence-electron chi connectivity index (χ4n) is 4.17. The smallest absolute Gasteiger partial charge is 0.256 e. The van der Waals surface area contributed by atoms with Crippen molar-refractivity contribution >= 4 is 17.3 Å². The van der Waals surface area contributed by atoms with E-state index in [1.165, 1.54) is 5.69 Å². The molecule has 2 saturated heterocycles. The van der Waals surface area contributed by atoms with Crippen LogP contribution in [0, 0.1) is 0 Å². The number of phenols is 1. The van der Waals surface area contributed by atoms with Crippen LogP contribution < -0.4 is 10.2 Å². The number of nitrogens with one attached hydrogen (secondary N) is 1. The molecule has 6 heteroatoms. The van der Waals surface area contributed by atoms with Crippen LogP contribution in [0.2, 0.25) is 0 Å². The van der Waals surface area contributed by atoms with Crippen LogP contribution in [-0.4, -0.2) is 73.2 Å². The van der Waals surface area contributed by atoms with E-state index in [0.29, 0.717) is 5.56 Å². The molecular formula is C23H30N4O2. The van der Waals surface area contributed by atoms with E-state index in [0.717, 1.165) is 70.9 Å². The van der Waals surface area contributed by atoms with E-state index < -0.39 is 0 Å². The second-order valence-corrected chi connectivity index (χ2v) is 7.82. The first kappa shape index (κ1) is 19.6. The molecule has 2 aromatic rings. The molecule has 4 rings (SSSR count). The number of hydrogen-bond acceptors (Lipinski definition) is 5. The van der Waals surface area contributed by atoms with E-state index >= 15 is 0 Å². The normalized spacial score (nSPS) is 17.5. The second-order valence-electron chi connectivity index (χ2n) is 7.82. The molecule has 0 saturated carbocycles. The minimum absolute atomic E-state index is 0.0115. The lowest BCUT2D eigenvalue weighted by Crippen LogP contribution is -2.47. The van der Waals surface area contributed by atoms with Gasteiger partial charge in [0.15, 0.2) is 0 Å². The summed E-state index contributed by atoms with van der Waals surface area (Å²) in [6.45, 7) is 7.44. The molecule has 0 radical (unpaired) electrons. The summed E-state index contributed by atoms with van der Waals surface area (Å²) >= 11 is 0. The number of piperazine rings is 1. The van der Waals surface area contributed by atoms with Crippen molar-refractivity contribution in [3.8, 4) is 5.75 Å².